The highest BCUT2D eigenvalue weighted by atomic mass is 16.3. The van der Waals surface area contributed by atoms with Crippen molar-refractivity contribution in [1.29, 1.82) is 0 Å². The van der Waals surface area contributed by atoms with E-state index in [1.165, 1.54) is 77.7 Å². The Morgan fingerprint density at radius 1 is 0.466 bits per heavy atom. The van der Waals surface area contributed by atoms with Crippen molar-refractivity contribution in [3.05, 3.63) is 239 Å². The van der Waals surface area contributed by atoms with Crippen LogP contribution in [-0.2, 0) is 6.42 Å². The number of para-hydroxylation sites is 1. The topological polar surface area (TPSA) is 25.2 Å². The molecule has 8 aromatic carbocycles. The first-order chi connectivity index (χ1) is 28.8. The van der Waals surface area contributed by atoms with Crippen LogP contribution in [0.15, 0.2) is 205 Å². The summed E-state index contributed by atoms with van der Waals surface area (Å²) in [5.74, 6) is 0.146. The molecule has 2 aliphatic rings. The Morgan fingerprint density at radius 2 is 1.14 bits per heavy atom. The van der Waals surface area contributed by atoms with Crippen LogP contribution in [0.1, 0.15) is 69.8 Å². The monoisotopic (exact) mass is 745 g/mol. The summed E-state index contributed by atoms with van der Waals surface area (Å²) >= 11 is 0. The summed E-state index contributed by atoms with van der Waals surface area (Å²) in [7, 11) is 0. The Morgan fingerprint density at radius 3 is 1.91 bits per heavy atom. The molecule has 9 aromatic rings. The average Bonchev–Trinajstić information content (AvgIpc) is 3.55. The molecule has 1 N–H and O–H groups in total. The molecule has 2 nitrogen and oxygen atoms in total. The molecule has 1 aromatic heterocycles. The van der Waals surface area contributed by atoms with E-state index in [0.29, 0.717) is 0 Å². The van der Waals surface area contributed by atoms with E-state index in [9.17, 15) is 0 Å². The third kappa shape index (κ3) is 6.09. The van der Waals surface area contributed by atoms with Gasteiger partial charge in [0, 0.05) is 28.3 Å². The Labute approximate surface area is 340 Å². The van der Waals surface area contributed by atoms with Crippen molar-refractivity contribution >= 4 is 33.1 Å². The fraction of sp³-hybridized carbons (Fsp3) is 0.107. The van der Waals surface area contributed by atoms with Gasteiger partial charge in [-0.2, -0.15) is 0 Å². The van der Waals surface area contributed by atoms with Crippen LogP contribution in [-0.4, -0.2) is 0 Å². The highest BCUT2D eigenvalue weighted by Gasteiger charge is 2.32. The highest BCUT2D eigenvalue weighted by Crippen LogP contribution is 2.48. The fourth-order valence-corrected chi connectivity index (χ4v) is 9.84. The second-order valence-electron chi connectivity index (χ2n) is 15.9. The summed E-state index contributed by atoms with van der Waals surface area (Å²) in [5.41, 5.74) is 18.7. The van der Waals surface area contributed by atoms with Gasteiger partial charge in [-0.1, -0.05) is 182 Å². The van der Waals surface area contributed by atoms with Crippen LogP contribution in [0.3, 0.4) is 0 Å². The third-order valence-electron chi connectivity index (χ3n) is 12.6. The number of benzene rings is 8. The molecule has 58 heavy (non-hydrogen) atoms. The fourth-order valence-electron chi connectivity index (χ4n) is 9.84. The van der Waals surface area contributed by atoms with Crippen LogP contribution < -0.4 is 5.32 Å². The molecule has 11 rings (SSSR count). The molecule has 0 amide bonds. The molecule has 0 bridgehead atoms. The molecule has 0 spiro atoms. The molecule has 0 saturated heterocycles. The minimum atomic E-state index is -0.0286. The van der Waals surface area contributed by atoms with Crippen molar-refractivity contribution in [2.24, 2.45) is 0 Å². The van der Waals surface area contributed by atoms with E-state index >= 15 is 0 Å². The predicted octanol–water partition coefficient (Wildman–Crippen LogP) is 14.4. The summed E-state index contributed by atoms with van der Waals surface area (Å²) in [6.07, 6.45) is 2.86. The van der Waals surface area contributed by atoms with Gasteiger partial charge in [-0.05, 0) is 104 Å². The SMILES string of the molecule is c1ccc(C2=C(c3ccc4c(c3)oc3c(C5Cc6ccccc6-c6ccc(-c7ccccc7)cc65)cccc34)C(c3ccccc3)NC(c3ccccc3)CC2)cc1. The van der Waals surface area contributed by atoms with Crippen molar-refractivity contribution in [2.75, 3.05) is 0 Å². The predicted molar refractivity (Wildman–Crippen MR) is 241 cm³/mol. The molecule has 1 aliphatic carbocycles. The maximum Gasteiger partial charge on any atom is 0.139 e. The smallest absolute Gasteiger partial charge is 0.139 e. The van der Waals surface area contributed by atoms with Gasteiger partial charge in [0.1, 0.15) is 11.2 Å². The maximum atomic E-state index is 7.15. The van der Waals surface area contributed by atoms with E-state index in [0.717, 1.165) is 35.8 Å². The number of furan rings is 1. The lowest BCUT2D eigenvalue weighted by Gasteiger charge is -2.29. The Hall–Kier alpha value is -6.74. The second-order valence-corrected chi connectivity index (χ2v) is 15.9. The molecule has 3 unspecified atom stereocenters. The van der Waals surface area contributed by atoms with Crippen LogP contribution >= 0.6 is 0 Å². The largest absolute Gasteiger partial charge is 0.456 e. The molecule has 278 valence electrons. The minimum Gasteiger partial charge on any atom is -0.456 e. The first-order valence-corrected chi connectivity index (χ1v) is 20.6. The van der Waals surface area contributed by atoms with E-state index in [2.05, 4.69) is 206 Å². The van der Waals surface area contributed by atoms with Gasteiger partial charge in [0.25, 0.3) is 0 Å². The van der Waals surface area contributed by atoms with Crippen LogP contribution in [0, 0.1) is 0 Å². The van der Waals surface area contributed by atoms with E-state index in [1.807, 2.05) is 0 Å². The van der Waals surface area contributed by atoms with Crippen LogP contribution in [0.5, 0.6) is 0 Å². The van der Waals surface area contributed by atoms with Gasteiger partial charge < -0.3 is 4.42 Å². The van der Waals surface area contributed by atoms with Crippen molar-refractivity contribution in [3.63, 3.8) is 0 Å². The Kier molecular flexibility index (Phi) is 8.71. The third-order valence-corrected chi connectivity index (χ3v) is 12.6. The number of nitrogens with one attached hydrogen (secondary N) is 1. The molecular weight excluding hydrogens is 703 g/mol. The lowest BCUT2D eigenvalue weighted by atomic mass is 9.74. The number of hydrogen-bond donors (Lipinski definition) is 1. The van der Waals surface area contributed by atoms with Gasteiger partial charge in [-0.25, -0.2) is 0 Å². The molecule has 1 aliphatic heterocycles. The molecule has 0 radical (unpaired) electrons. The Bertz CT molecular complexity index is 2940. The zero-order chi connectivity index (χ0) is 38.4. The summed E-state index contributed by atoms with van der Waals surface area (Å²) < 4.78 is 7.15. The van der Waals surface area contributed by atoms with Crippen molar-refractivity contribution in [2.45, 2.75) is 37.3 Å². The first kappa shape index (κ1) is 34.5. The van der Waals surface area contributed by atoms with Crippen LogP contribution in [0.4, 0.5) is 0 Å². The summed E-state index contributed by atoms with van der Waals surface area (Å²) in [6.45, 7) is 0. The molecule has 0 fully saturated rings. The zero-order valence-electron chi connectivity index (χ0n) is 32.3. The van der Waals surface area contributed by atoms with E-state index in [4.69, 9.17) is 4.42 Å². The number of allylic oxidation sites excluding steroid dienone is 1. The quantitative estimate of drug-likeness (QED) is 0.183. The van der Waals surface area contributed by atoms with Crippen LogP contribution in [0.25, 0.3) is 55.3 Å². The molecular formula is C56H43NO. The minimum absolute atomic E-state index is 0.0286. The zero-order valence-corrected chi connectivity index (χ0v) is 32.3. The maximum absolute atomic E-state index is 7.15. The van der Waals surface area contributed by atoms with Crippen molar-refractivity contribution in [3.8, 4) is 22.3 Å². The van der Waals surface area contributed by atoms with E-state index in [-0.39, 0.29) is 18.0 Å². The number of rotatable bonds is 6. The van der Waals surface area contributed by atoms with Crippen molar-refractivity contribution in [1.82, 2.24) is 5.32 Å². The lowest BCUT2D eigenvalue weighted by molar-refractivity contribution is 0.488. The lowest BCUT2D eigenvalue weighted by Crippen LogP contribution is -2.26. The number of hydrogen-bond acceptors (Lipinski definition) is 2. The second kappa shape index (κ2) is 14.6. The molecule has 2 heteroatoms. The highest BCUT2D eigenvalue weighted by molar-refractivity contribution is 6.08. The Balaban J connectivity index is 1.08. The van der Waals surface area contributed by atoms with E-state index in [1.54, 1.807) is 0 Å². The molecule has 2 heterocycles. The molecule has 0 saturated carbocycles. The van der Waals surface area contributed by atoms with E-state index < -0.39 is 0 Å². The summed E-state index contributed by atoms with van der Waals surface area (Å²) in [6, 6.07) is 73.5. The number of fused-ring (bicyclic) bond motifs is 6. The van der Waals surface area contributed by atoms with Crippen LogP contribution in [0.2, 0.25) is 0 Å². The van der Waals surface area contributed by atoms with Gasteiger partial charge in [0.2, 0.25) is 0 Å². The average molecular weight is 746 g/mol. The molecule has 3 atom stereocenters. The van der Waals surface area contributed by atoms with Gasteiger partial charge in [-0.3, -0.25) is 5.32 Å². The van der Waals surface area contributed by atoms with Gasteiger partial charge in [0.05, 0.1) is 6.04 Å². The first-order valence-electron chi connectivity index (χ1n) is 20.6. The van der Waals surface area contributed by atoms with Gasteiger partial charge >= 0.3 is 0 Å². The van der Waals surface area contributed by atoms with Gasteiger partial charge in [0.15, 0.2) is 0 Å². The van der Waals surface area contributed by atoms with Crippen molar-refractivity contribution < 1.29 is 4.42 Å². The summed E-state index contributed by atoms with van der Waals surface area (Å²) in [4.78, 5) is 0. The van der Waals surface area contributed by atoms with Gasteiger partial charge in [-0.15, -0.1) is 0 Å². The standard InChI is InChI=1S/C56H43NO/c1-5-16-37(17-6-1)41-28-30-46-44-25-14-13-24-42(44)35-51(50(46)34-41)49-27-15-26-48-47-31-29-43(36-53(47)58-56(48)49)54-45(38-18-7-2-8-19-38)32-33-52(39-20-9-3-10-21-39)57-55(54)40-22-11-4-12-23-40/h1-31,34,36,51-52,55,57H,32-33,35H2. The summed E-state index contributed by atoms with van der Waals surface area (Å²) in [5, 5.41) is 6.48. The normalized spacial score (nSPS) is 17.8.